The summed E-state index contributed by atoms with van der Waals surface area (Å²) in [4.78, 5) is 13.9. The summed E-state index contributed by atoms with van der Waals surface area (Å²) in [5.74, 6) is 0.761. The van der Waals surface area contributed by atoms with E-state index in [1.807, 2.05) is 20.8 Å². The fourth-order valence-electron chi connectivity index (χ4n) is 2.70. The van der Waals surface area contributed by atoms with Gasteiger partial charge in [0.2, 0.25) is 0 Å². The molecule has 112 valence electrons. The predicted octanol–water partition coefficient (Wildman–Crippen LogP) is 1.38. The van der Waals surface area contributed by atoms with Crippen molar-refractivity contribution in [2.45, 2.75) is 58.7 Å². The van der Waals surface area contributed by atoms with Crippen molar-refractivity contribution in [3.63, 3.8) is 0 Å². The average molecular weight is 287 g/mol. The van der Waals surface area contributed by atoms with E-state index in [0.717, 1.165) is 24.4 Å². The van der Waals surface area contributed by atoms with E-state index in [1.165, 1.54) is 18.5 Å². The van der Waals surface area contributed by atoms with Crippen molar-refractivity contribution in [3.8, 4) is 0 Å². The first-order valence-electron chi connectivity index (χ1n) is 7.65. The van der Waals surface area contributed by atoms with E-state index < -0.39 is 5.60 Å². The van der Waals surface area contributed by atoms with E-state index >= 15 is 0 Å². The zero-order valence-electron chi connectivity index (χ0n) is 13.1. The van der Waals surface area contributed by atoms with E-state index in [-0.39, 0.29) is 6.09 Å². The Kier molecular flexibility index (Phi) is 3.50. The molecule has 21 heavy (non-hydrogen) atoms. The van der Waals surface area contributed by atoms with Gasteiger partial charge in [-0.15, -0.1) is 0 Å². The molecule has 1 saturated carbocycles. The molecule has 1 aliphatic carbocycles. The highest BCUT2D eigenvalue weighted by Crippen LogP contribution is 2.31. The minimum Gasteiger partial charge on any atom is -0.444 e. The van der Waals surface area contributed by atoms with Crippen LogP contribution in [0.4, 0.5) is 4.79 Å². The van der Waals surface area contributed by atoms with Gasteiger partial charge in [-0.05, 0) is 39.5 Å². The predicted molar refractivity (Wildman–Crippen MR) is 80.7 cm³/mol. The number of carbonyl (C=O) groups is 1. The van der Waals surface area contributed by atoms with E-state index in [2.05, 4.69) is 9.78 Å². The Balaban J connectivity index is 1.73. The molecular weight excluding hydrogens is 265 g/mol. The summed E-state index contributed by atoms with van der Waals surface area (Å²) in [6.45, 7) is 7.76. The van der Waals surface area contributed by atoms with Gasteiger partial charge in [-0.2, -0.15) is 5.10 Å². The third kappa shape index (κ3) is 3.25. The standard InChI is InChI=1S/C15H22BN3O2/c1-15(2,3)21-14(20)18-7-6-12-11(9-18)13(16)17-19(12)8-10-4-5-10/h10H,4-9H2,1-3H3. The minimum atomic E-state index is -0.473. The molecule has 0 aromatic carbocycles. The summed E-state index contributed by atoms with van der Waals surface area (Å²) in [6.07, 6.45) is 3.10. The molecule has 1 aromatic rings. The van der Waals surface area contributed by atoms with Crippen LogP contribution in [-0.2, 0) is 24.2 Å². The van der Waals surface area contributed by atoms with Gasteiger partial charge in [0.1, 0.15) is 13.4 Å². The van der Waals surface area contributed by atoms with Crippen LogP contribution in [0.25, 0.3) is 0 Å². The lowest BCUT2D eigenvalue weighted by molar-refractivity contribution is 0.0223. The zero-order valence-corrected chi connectivity index (χ0v) is 13.1. The Bertz CT molecular complexity index is 558. The fraction of sp³-hybridized carbons (Fsp3) is 0.733. The average Bonchev–Trinajstić information content (AvgIpc) is 3.13. The van der Waals surface area contributed by atoms with Crippen LogP contribution in [0.3, 0.4) is 0 Å². The maximum Gasteiger partial charge on any atom is 0.410 e. The number of amides is 1. The molecule has 0 spiro atoms. The first-order chi connectivity index (χ1) is 9.83. The second-order valence-electron chi connectivity index (χ2n) is 7.09. The smallest absolute Gasteiger partial charge is 0.410 e. The first-order valence-corrected chi connectivity index (χ1v) is 7.65. The van der Waals surface area contributed by atoms with E-state index in [0.29, 0.717) is 18.7 Å². The van der Waals surface area contributed by atoms with E-state index in [4.69, 9.17) is 12.6 Å². The summed E-state index contributed by atoms with van der Waals surface area (Å²) < 4.78 is 7.48. The molecule has 2 aliphatic rings. The molecule has 2 heterocycles. The first kappa shape index (κ1) is 14.5. The van der Waals surface area contributed by atoms with Gasteiger partial charge in [-0.3, -0.25) is 4.68 Å². The Labute approximate surface area is 127 Å². The van der Waals surface area contributed by atoms with E-state index in [1.54, 1.807) is 4.90 Å². The second-order valence-corrected chi connectivity index (χ2v) is 7.09. The molecule has 0 saturated heterocycles. The third-order valence-electron chi connectivity index (χ3n) is 3.94. The van der Waals surface area contributed by atoms with Crippen molar-refractivity contribution >= 4 is 19.5 Å². The molecule has 0 N–H and O–H groups in total. The van der Waals surface area contributed by atoms with Gasteiger partial charge in [-0.1, -0.05) is 0 Å². The molecule has 0 bridgehead atoms. The minimum absolute atomic E-state index is 0.275. The highest BCUT2D eigenvalue weighted by atomic mass is 16.6. The number of ether oxygens (including phenoxy) is 1. The van der Waals surface area contributed by atoms with Crippen LogP contribution in [0.2, 0.25) is 0 Å². The Hall–Kier alpha value is -1.46. The maximum atomic E-state index is 12.2. The van der Waals surface area contributed by atoms with Gasteiger partial charge in [0, 0.05) is 36.4 Å². The summed E-state index contributed by atoms with van der Waals surface area (Å²) in [5.41, 5.74) is 2.27. The number of nitrogens with zero attached hydrogens (tertiary/aromatic N) is 3. The highest BCUT2D eigenvalue weighted by molar-refractivity contribution is 6.31. The molecule has 1 amide bonds. The lowest BCUT2D eigenvalue weighted by Crippen LogP contribution is -2.41. The maximum absolute atomic E-state index is 12.2. The second kappa shape index (κ2) is 5.07. The van der Waals surface area contributed by atoms with Gasteiger partial charge >= 0.3 is 6.09 Å². The number of rotatable bonds is 2. The van der Waals surface area contributed by atoms with Crippen molar-refractivity contribution in [2.24, 2.45) is 5.92 Å². The molecule has 1 aliphatic heterocycles. The number of hydrogen-bond acceptors (Lipinski definition) is 3. The van der Waals surface area contributed by atoms with Gasteiger partial charge in [0.15, 0.2) is 0 Å². The molecule has 0 unspecified atom stereocenters. The van der Waals surface area contributed by atoms with Gasteiger partial charge in [-0.25, -0.2) is 4.79 Å². The molecule has 6 heteroatoms. The SMILES string of the molecule is [B]c1nn(CC2CC2)c2c1CN(C(=O)OC(C)(C)C)CC2. The molecule has 1 fully saturated rings. The third-order valence-corrected chi connectivity index (χ3v) is 3.94. The number of fused-ring (bicyclic) bond motifs is 1. The lowest BCUT2D eigenvalue weighted by atomic mass is 9.95. The van der Waals surface area contributed by atoms with Crippen molar-refractivity contribution in [2.75, 3.05) is 6.54 Å². The van der Waals surface area contributed by atoms with Gasteiger partial charge < -0.3 is 9.64 Å². The number of hydrogen-bond donors (Lipinski definition) is 0. The highest BCUT2D eigenvalue weighted by Gasteiger charge is 2.30. The molecule has 2 radical (unpaired) electrons. The summed E-state index contributed by atoms with van der Waals surface area (Å²) >= 11 is 0. The largest absolute Gasteiger partial charge is 0.444 e. The molecule has 3 rings (SSSR count). The van der Waals surface area contributed by atoms with E-state index in [9.17, 15) is 4.79 Å². The summed E-state index contributed by atoms with van der Waals surface area (Å²) in [6, 6.07) is 0. The molecular formula is C15H22BN3O2. The number of carbonyl (C=O) groups excluding carboxylic acids is 1. The zero-order chi connectivity index (χ0) is 15.2. The van der Waals surface area contributed by atoms with Gasteiger partial charge in [0.05, 0.1) is 6.54 Å². The van der Waals surface area contributed by atoms with Crippen LogP contribution in [0.5, 0.6) is 0 Å². The Morgan fingerprint density at radius 3 is 2.76 bits per heavy atom. The monoisotopic (exact) mass is 287 g/mol. The molecule has 5 nitrogen and oxygen atoms in total. The lowest BCUT2D eigenvalue weighted by Gasteiger charge is -2.30. The van der Waals surface area contributed by atoms with Crippen molar-refractivity contribution in [1.29, 1.82) is 0 Å². The topological polar surface area (TPSA) is 47.4 Å². The number of aromatic nitrogens is 2. The van der Waals surface area contributed by atoms with Crippen molar-refractivity contribution in [1.82, 2.24) is 14.7 Å². The van der Waals surface area contributed by atoms with Crippen LogP contribution < -0.4 is 5.59 Å². The van der Waals surface area contributed by atoms with Crippen molar-refractivity contribution in [3.05, 3.63) is 11.3 Å². The Morgan fingerprint density at radius 2 is 2.14 bits per heavy atom. The quantitative estimate of drug-likeness (QED) is 0.772. The normalized spacial score (nSPS) is 18.5. The summed E-state index contributed by atoms with van der Waals surface area (Å²) in [7, 11) is 6.04. The van der Waals surface area contributed by atoms with Crippen LogP contribution in [-0.4, -0.2) is 40.8 Å². The van der Waals surface area contributed by atoms with Crippen LogP contribution in [0.1, 0.15) is 44.9 Å². The molecule has 1 aromatic heterocycles. The van der Waals surface area contributed by atoms with Crippen LogP contribution >= 0.6 is 0 Å². The van der Waals surface area contributed by atoms with Gasteiger partial charge in [0.25, 0.3) is 0 Å². The van der Waals surface area contributed by atoms with Crippen LogP contribution in [0.15, 0.2) is 0 Å². The fourth-order valence-corrected chi connectivity index (χ4v) is 2.70. The molecule has 0 atom stereocenters. The van der Waals surface area contributed by atoms with Crippen LogP contribution in [0, 0.1) is 5.92 Å². The summed E-state index contributed by atoms with van der Waals surface area (Å²) in [5, 5.41) is 4.46. The van der Waals surface area contributed by atoms with Crippen molar-refractivity contribution < 1.29 is 9.53 Å². The Morgan fingerprint density at radius 1 is 1.43 bits per heavy atom.